The summed E-state index contributed by atoms with van der Waals surface area (Å²) in [4.78, 5) is 6.73. The van der Waals surface area contributed by atoms with Crippen LogP contribution in [0.15, 0.2) is 42.6 Å². The van der Waals surface area contributed by atoms with Crippen molar-refractivity contribution in [1.82, 2.24) is 15.2 Å². The highest BCUT2D eigenvalue weighted by Gasteiger charge is 2.23. The fourth-order valence-corrected chi connectivity index (χ4v) is 3.29. The lowest BCUT2D eigenvalue weighted by molar-refractivity contribution is 0.498. The summed E-state index contributed by atoms with van der Waals surface area (Å²) >= 11 is 0. The van der Waals surface area contributed by atoms with Gasteiger partial charge in [0.15, 0.2) is 5.65 Å². The van der Waals surface area contributed by atoms with Crippen LogP contribution in [0.1, 0.15) is 24.5 Å². The number of nitrogens with two attached hydrogens (primary N) is 1. The number of rotatable bonds is 2. The molecule has 1 aromatic carbocycles. The summed E-state index contributed by atoms with van der Waals surface area (Å²) in [7, 11) is 0. The number of nitrogens with zero attached hydrogens (tertiary/aromatic N) is 3. The first kappa shape index (κ1) is 13.1. The predicted octanol–water partition coefficient (Wildman–Crippen LogP) is 2.92. The van der Waals surface area contributed by atoms with Gasteiger partial charge >= 0.3 is 0 Å². The van der Waals surface area contributed by atoms with Gasteiger partial charge in [0.05, 0.1) is 0 Å². The number of piperidine rings is 1. The Labute approximate surface area is 129 Å². The van der Waals surface area contributed by atoms with Gasteiger partial charge in [-0.15, -0.1) is 0 Å². The molecule has 0 saturated carbocycles. The van der Waals surface area contributed by atoms with Crippen LogP contribution in [0.2, 0.25) is 0 Å². The van der Waals surface area contributed by atoms with E-state index in [4.69, 9.17) is 5.73 Å². The highest BCUT2D eigenvalue weighted by Crippen LogP contribution is 2.32. The molecule has 0 radical (unpaired) electrons. The normalized spacial score (nSPS) is 16.3. The maximum atomic E-state index is 5.76. The molecule has 0 aliphatic carbocycles. The summed E-state index contributed by atoms with van der Waals surface area (Å²) in [6.07, 6.45) is 4.03. The van der Waals surface area contributed by atoms with E-state index in [9.17, 15) is 0 Å². The van der Waals surface area contributed by atoms with Crippen LogP contribution in [0.25, 0.3) is 11.0 Å². The summed E-state index contributed by atoms with van der Waals surface area (Å²) in [5.74, 6) is 0.527. The van der Waals surface area contributed by atoms with Crippen molar-refractivity contribution in [3.8, 4) is 0 Å². The molecule has 3 aromatic rings. The summed E-state index contributed by atoms with van der Waals surface area (Å²) in [6.45, 7) is 2.10. The van der Waals surface area contributed by atoms with Crippen molar-refractivity contribution in [3.63, 3.8) is 0 Å². The fourth-order valence-electron chi connectivity index (χ4n) is 3.29. The number of hydrogen-bond acceptors (Lipinski definition) is 4. The van der Waals surface area contributed by atoms with Gasteiger partial charge in [-0.05, 0) is 49.2 Å². The molecule has 3 heterocycles. The van der Waals surface area contributed by atoms with Gasteiger partial charge in [0.1, 0.15) is 0 Å². The molecule has 112 valence electrons. The van der Waals surface area contributed by atoms with Crippen LogP contribution >= 0.6 is 0 Å². The lowest BCUT2D eigenvalue weighted by Gasteiger charge is -2.33. The van der Waals surface area contributed by atoms with Crippen LogP contribution in [0.4, 0.5) is 11.4 Å². The van der Waals surface area contributed by atoms with Crippen LogP contribution < -0.4 is 10.6 Å². The van der Waals surface area contributed by atoms with E-state index in [1.807, 2.05) is 18.2 Å². The average Bonchev–Trinajstić information content (AvgIpc) is 3.00. The van der Waals surface area contributed by atoms with Crippen molar-refractivity contribution < 1.29 is 0 Å². The molecule has 1 saturated heterocycles. The quantitative estimate of drug-likeness (QED) is 0.713. The van der Waals surface area contributed by atoms with Crippen molar-refractivity contribution in [2.24, 2.45) is 0 Å². The van der Waals surface area contributed by atoms with Gasteiger partial charge in [0, 0.05) is 47.7 Å². The zero-order chi connectivity index (χ0) is 14.9. The number of pyridine rings is 1. The number of aromatic nitrogens is 3. The summed E-state index contributed by atoms with van der Waals surface area (Å²) in [5.41, 5.74) is 9.88. The lowest BCUT2D eigenvalue weighted by Crippen LogP contribution is -2.32. The fraction of sp³-hybridized carbons (Fsp3) is 0.294. The van der Waals surface area contributed by atoms with Crippen LogP contribution in [0.5, 0.6) is 0 Å². The molecule has 0 bridgehead atoms. The molecular formula is C17H19N5. The number of benzene rings is 1. The molecule has 0 spiro atoms. The molecule has 2 aromatic heterocycles. The van der Waals surface area contributed by atoms with Gasteiger partial charge in [0.25, 0.3) is 0 Å². The number of nitrogen functional groups attached to an aromatic ring is 1. The monoisotopic (exact) mass is 293 g/mol. The average molecular weight is 293 g/mol. The van der Waals surface area contributed by atoms with E-state index in [-0.39, 0.29) is 0 Å². The summed E-state index contributed by atoms with van der Waals surface area (Å²) in [5, 5.41) is 8.68. The minimum Gasteiger partial charge on any atom is -0.399 e. The third kappa shape index (κ3) is 2.28. The van der Waals surface area contributed by atoms with Gasteiger partial charge in [-0.1, -0.05) is 0 Å². The standard InChI is InChI=1S/C17H19N5/c18-13-3-5-14(6-4-13)22-10-7-12(8-11-22)16-15-2-1-9-19-17(15)21-20-16/h1-6,9,12H,7-8,10-11,18H2,(H,19,20,21). The molecule has 1 aliphatic heterocycles. The topological polar surface area (TPSA) is 70.8 Å². The molecular weight excluding hydrogens is 274 g/mol. The van der Waals surface area contributed by atoms with Crippen molar-refractivity contribution in [2.45, 2.75) is 18.8 Å². The molecule has 1 aliphatic rings. The smallest absolute Gasteiger partial charge is 0.181 e. The van der Waals surface area contributed by atoms with E-state index < -0.39 is 0 Å². The summed E-state index contributed by atoms with van der Waals surface area (Å²) in [6, 6.07) is 12.2. The number of hydrogen-bond donors (Lipinski definition) is 2. The van der Waals surface area contributed by atoms with Gasteiger partial charge in [-0.3, -0.25) is 5.10 Å². The maximum Gasteiger partial charge on any atom is 0.181 e. The van der Waals surface area contributed by atoms with E-state index >= 15 is 0 Å². The first-order valence-corrected chi connectivity index (χ1v) is 7.71. The molecule has 3 N–H and O–H groups in total. The van der Waals surface area contributed by atoms with Crippen molar-refractivity contribution in [1.29, 1.82) is 0 Å². The first-order valence-electron chi connectivity index (χ1n) is 7.71. The molecule has 0 unspecified atom stereocenters. The van der Waals surface area contributed by atoms with E-state index in [0.29, 0.717) is 5.92 Å². The number of fused-ring (bicyclic) bond motifs is 1. The van der Waals surface area contributed by atoms with Crippen LogP contribution in [-0.4, -0.2) is 28.3 Å². The Kier molecular flexibility index (Phi) is 3.18. The van der Waals surface area contributed by atoms with Crippen molar-refractivity contribution >= 4 is 22.4 Å². The molecule has 0 atom stereocenters. The van der Waals surface area contributed by atoms with Gasteiger partial charge in [-0.2, -0.15) is 5.10 Å². The lowest BCUT2D eigenvalue weighted by atomic mass is 9.92. The molecule has 5 heteroatoms. The Bertz CT molecular complexity index is 769. The number of aromatic amines is 1. The first-order chi connectivity index (χ1) is 10.8. The minimum atomic E-state index is 0.527. The van der Waals surface area contributed by atoms with E-state index in [0.717, 1.165) is 42.7 Å². The second-order valence-corrected chi connectivity index (χ2v) is 5.86. The maximum absolute atomic E-state index is 5.76. The highest BCUT2D eigenvalue weighted by atomic mass is 15.2. The number of nitrogens with one attached hydrogen (secondary N) is 1. The molecule has 22 heavy (non-hydrogen) atoms. The van der Waals surface area contributed by atoms with E-state index in [2.05, 4.69) is 38.3 Å². The largest absolute Gasteiger partial charge is 0.399 e. The minimum absolute atomic E-state index is 0.527. The van der Waals surface area contributed by atoms with E-state index in [1.54, 1.807) is 6.20 Å². The van der Waals surface area contributed by atoms with Crippen LogP contribution in [0, 0.1) is 0 Å². The third-order valence-corrected chi connectivity index (χ3v) is 4.52. The molecule has 1 fully saturated rings. The highest BCUT2D eigenvalue weighted by molar-refractivity contribution is 5.78. The predicted molar refractivity (Wildman–Crippen MR) is 88.9 cm³/mol. The Morgan fingerprint density at radius 1 is 1.09 bits per heavy atom. The third-order valence-electron chi connectivity index (χ3n) is 4.52. The second kappa shape index (κ2) is 5.33. The van der Waals surface area contributed by atoms with Gasteiger partial charge in [0.2, 0.25) is 0 Å². The van der Waals surface area contributed by atoms with Crippen molar-refractivity contribution in [3.05, 3.63) is 48.3 Å². The summed E-state index contributed by atoms with van der Waals surface area (Å²) < 4.78 is 0. The SMILES string of the molecule is Nc1ccc(N2CCC(c3[nH]nc4ncccc34)CC2)cc1. The zero-order valence-electron chi connectivity index (χ0n) is 12.4. The zero-order valence-corrected chi connectivity index (χ0v) is 12.4. The number of H-pyrrole nitrogens is 1. The molecule has 4 rings (SSSR count). The Morgan fingerprint density at radius 2 is 1.86 bits per heavy atom. The van der Waals surface area contributed by atoms with Crippen LogP contribution in [0.3, 0.4) is 0 Å². The van der Waals surface area contributed by atoms with E-state index in [1.165, 1.54) is 11.4 Å². The number of anilines is 2. The van der Waals surface area contributed by atoms with Crippen LogP contribution in [-0.2, 0) is 0 Å². The Balaban J connectivity index is 1.51. The van der Waals surface area contributed by atoms with Crippen molar-refractivity contribution in [2.75, 3.05) is 23.7 Å². The van der Waals surface area contributed by atoms with Gasteiger partial charge < -0.3 is 10.6 Å². The van der Waals surface area contributed by atoms with Gasteiger partial charge in [-0.25, -0.2) is 4.98 Å². The molecule has 5 nitrogen and oxygen atoms in total. The molecule has 0 amide bonds. The second-order valence-electron chi connectivity index (χ2n) is 5.86. The Hall–Kier alpha value is -2.56. The Morgan fingerprint density at radius 3 is 2.64 bits per heavy atom.